The molecule has 5 nitrogen and oxygen atoms in total. The van der Waals surface area contributed by atoms with Gasteiger partial charge >= 0.3 is 0 Å². The van der Waals surface area contributed by atoms with Gasteiger partial charge in [-0.05, 0) is 43.7 Å². The number of likely N-dealkylation sites (tertiary alicyclic amines) is 1. The van der Waals surface area contributed by atoms with Crippen LogP contribution in [0.3, 0.4) is 0 Å². The lowest BCUT2D eigenvalue weighted by Gasteiger charge is -2.37. The van der Waals surface area contributed by atoms with Crippen LogP contribution in [0.4, 0.5) is 0 Å². The minimum absolute atomic E-state index is 0.0739. The second-order valence-corrected chi connectivity index (χ2v) is 5.69. The molecular weight excluding hydrogens is 280 g/mol. The molecule has 2 fully saturated rings. The van der Waals surface area contributed by atoms with Gasteiger partial charge in [0, 0.05) is 6.54 Å². The minimum atomic E-state index is -0.0739. The van der Waals surface area contributed by atoms with Gasteiger partial charge in [0.1, 0.15) is 12.4 Å². The van der Waals surface area contributed by atoms with E-state index in [1.807, 2.05) is 12.1 Å². The van der Waals surface area contributed by atoms with Gasteiger partial charge in [0.25, 0.3) is 0 Å². The Morgan fingerprint density at radius 2 is 1.95 bits per heavy atom. The van der Waals surface area contributed by atoms with Gasteiger partial charge in [-0.2, -0.15) is 5.26 Å². The van der Waals surface area contributed by atoms with Gasteiger partial charge in [-0.25, -0.2) is 0 Å². The van der Waals surface area contributed by atoms with E-state index in [9.17, 15) is 0 Å². The average molecular weight is 302 g/mol. The van der Waals surface area contributed by atoms with E-state index in [0.717, 1.165) is 25.3 Å². The molecule has 1 aromatic rings. The summed E-state index contributed by atoms with van der Waals surface area (Å²) in [6.45, 7) is 3.99. The van der Waals surface area contributed by atoms with Crippen LogP contribution >= 0.6 is 0 Å². The predicted molar refractivity (Wildman–Crippen MR) is 81.6 cm³/mol. The second-order valence-electron chi connectivity index (χ2n) is 5.69. The molecule has 3 rings (SSSR count). The molecule has 0 saturated carbocycles. The molecule has 5 heteroatoms. The van der Waals surface area contributed by atoms with E-state index >= 15 is 0 Å². The highest BCUT2D eigenvalue weighted by Gasteiger charge is 2.33. The Balaban J connectivity index is 1.49. The maximum Gasteiger partial charge on any atom is 0.173 e. The lowest BCUT2D eigenvalue weighted by atomic mass is 10.0. The van der Waals surface area contributed by atoms with Crippen LogP contribution in [0.1, 0.15) is 24.8 Å². The third kappa shape index (κ3) is 3.77. The van der Waals surface area contributed by atoms with Crippen molar-refractivity contribution in [1.82, 2.24) is 4.90 Å². The Morgan fingerprint density at radius 1 is 1.18 bits per heavy atom. The first-order chi connectivity index (χ1) is 10.9. The number of nitrogens with zero attached hydrogens (tertiary/aromatic N) is 2. The highest BCUT2D eigenvalue weighted by Crippen LogP contribution is 2.24. The van der Waals surface area contributed by atoms with Crippen LogP contribution in [-0.4, -0.2) is 50.1 Å². The summed E-state index contributed by atoms with van der Waals surface area (Å²) >= 11 is 0. The van der Waals surface area contributed by atoms with Crippen LogP contribution in [-0.2, 0) is 9.47 Å². The summed E-state index contributed by atoms with van der Waals surface area (Å²) in [5, 5.41) is 8.79. The van der Waals surface area contributed by atoms with E-state index in [-0.39, 0.29) is 6.29 Å². The Morgan fingerprint density at radius 3 is 2.68 bits per heavy atom. The zero-order valence-electron chi connectivity index (χ0n) is 12.7. The maximum absolute atomic E-state index is 8.79. The molecule has 118 valence electrons. The summed E-state index contributed by atoms with van der Waals surface area (Å²) in [5.74, 6) is 0.806. The second kappa shape index (κ2) is 7.59. The summed E-state index contributed by atoms with van der Waals surface area (Å²) in [4.78, 5) is 2.42. The van der Waals surface area contributed by atoms with Crippen molar-refractivity contribution in [2.24, 2.45) is 0 Å². The van der Waals surface area contributed by atoms with Crippen LogP contribution in [0.2, 0.25) is 0 Å². The number of hydrogen-bond donors (Lipinski definition) is 0. The van der Waals surface area contributed by atoms with Gasteiger partial charge in [-0.3, -0.25) is 4.90 Å². The number of benzene rings is 1. The molecular formula is C17H22N2O3. The third-order valence-electron chi connectivity index (χ3n) is 4.26. The first kappa shape index (κ1) is 15.3. The Bertz CT molecular complexity index is 506. The summed E-state index contributed by atoms with van der Waals surface area (Å²) in [5.41, 5.74) is 0.652. The molecule has 0 aromatic heterocycles. The molecule has 0 unspecified atom stereocenters. The molecule has 0 aliphatic carbocycles. The summed E-state index contributed by atoms with van der Waals surface area (Å²) in [6.07, 6.45) is 3.51. The smallest absolute Gasteiger partial charge is 0.173 e. The van der Waals surface area contributed by atoms with E-state index in [2.05, 4.69) is 11.0 Å². The first-order valence-electron chi connectivity index (χ1n) is 7.97. The molecule has 2 aliphatic heterocycles. The fraction of sp³-hybridized carbons (Fsp3) is 0.588. The van der Waals surface area contributed by atoms with Crippen LogP contribution in [0, 0.1) is 11.3 Å². The topological polar surface area (TPSA) is 54.7 Å². The molecule has 0 spiro atoms. The minimum Gasteiger partial charge on any atom is -0.492 e. The molecule has 1 aromatic carbocycles. The number of ether oxygens (including phenoxy) is 3. The molecule has 2 aliphatic rings. The van der Waals surface area contributed by atoms with Gasteiger partial charge in [-0.15, -0.1) is 0 Å². The van der Waals surface area contributed by atoms with Crippen molar-refractivity contribution in [3.05, 3.63) is 29.8 Å². The summed E-state index contributed by atoms with van der Waals surface area (Å²) in [6, 6.07) is 9.69. The molecule has 2 saturated heterocycles. The highest BCUT2D eigenvalue weighted by atomic mass is 16.7. The zero-order chi connectivity index (χ0) is 15.2. The fourth-order valence-electron chi connectivity index (χ4n) is 3.11. The summed E-state index contributed by atoms with van der Waals surface area (Å²) < 4.78 is 17.1. The van der Waals surface area contributed by atoms with Gasteiger partial charge < -0.3 is 14.2 Å². The monoisotopic (exact) mass is 302 g/mol. The van der Waals surface area contributed by atoms with Gasteiger partial charge in [-0.1, -0.05) is 6.42 Å². The van der Waals surface area contributed by atoms with Gasteiger partial charge in [0.05, 0.1) is 30.9 Å². The average Bonchev–Trinajstić information content (AvgIpc) is 3.10. The van der Waals surface area contributed by atoms with Crippen molar-refractivity contribution in [3.8, 4) is 11.8 Å². The van der Waals surface area contributed by atoms with Gasteiger partial charge in [0.2, 0.25) is 0 Å². The number of rotatable bonds is 5. The molecule has 0 radical (unpaired) electrons. The lowest BCUT2D eigenvalue weighted by molar-refractivity contribution is -0.110. The van der Waals surface area contributed by atoms with Crippen molar-refractivity contribution in [2.45, 2.75) is 31.6 Å². The van der Waals surface area contributed by atoms with Crippen LogP contribution in [0.15, 0.2) is 24.3 Å². The largest absolute Gasteiger partial charge is 0.492 e. The van der Waals surface area contributed by atoms with Crippen molar-refractivity contribution < 1.29 is 14.2 Å². The number of hydrogen-bond acceptors (Lipinski definition) is 5. The van der Waals surface area contributed by atoms with E-state index < -0.39 is 0 Å². The van der Waals surface area contributed by atoms with Crippen molar-refractivity contribution in [3.63, 3.8) is 0 Å². The van der Waals surface area contributed by atoms with Crippen molar-refractivity contribution in [1.29, 1.82) is 5.26 Å². The molecule has 1 atom stereocenters. The lowest BCUT2D eigenvalue weighted by Crippen LogP contribution is -2.48. The normalized spacial score (nSPS) is 23.3. The van der Waals surface area contributed by atoms with Crippen LogP contribution < -0.4 is 4.74 Å². The van der Waals surface area contributed by atoms with Gasteiger partial charge in [0.15, 0.2) is 6.29 Å². The maximum atomic E-state index is 8.79. The van der Waals surface area contributed by atoms with E-state index in [4.69, 9.17) is 19.5 Å². The van der Waals surface area contributed by atoms with Crippen LogP contribution in [0.5, 0.6) is 5.75 Å². The highest BCUT2D eigenvalue weighted by molar-refractivity contribution is 5.34. The molecule has 0 N–H and O–H groups in total. The number of piperidine rings is 1. The molecule has 0 bridgehead atoms. The Kier molecular flexibility index (Phi) is 5.28. The predicted octanol–water partition coefficient (Wildman–Crippen LogP) is 2.16. The van der Waals surface area contributed by atoms with E-state index in [0.29, 0.717) is 31.4 Å². The molecule has 2 heterocycles. The quantitative estimate of drug-likeness (QED) is 0.834. The number of nitriles is 1. The molecule has 0 amide bonds. The third-order valence-corrected chi connectivity index (χ3v) is 4.26. The summed E-state index contributed by atoms with van der Waals surface area (Å²) in [7, 11) is 0. The van der Waals surface area contributed by atoms with Crippen LogP contribution in [0.25, 0.3) is 0 Å². The fourth-order valence-corrected chi connectivity index (χ4v) is 3.11. The first-order valence-corrected chi connectivity index (χ1v) is 7.97. The Labute approximate surface area is 131 Å². The van der Waals surface area contributed by atoms with Crippen molar-refractivity contribution in [2.75, 3.05) is 32.9 Å². The molecule has 22 heavy (non-hydrogen) atoms. The SMILES string of the molecule is N#Cc1ccc(OCCN2CCCC[C@@H]2C2OCCO2)cc1. The zero-order valence-corrected chi connectivity index (χ0v) is 12.7. The van der Waals surface area contributed by atoms with Crippen molar-refractivity contribution >= 4 is 0 Å². The Hall–Kier alpha value is -1.61. The van der Waals surface area contributed by atoms with E-state index in [1.165, 1.54) is 12.8 Å². The van der Waals surface area contributed by atoms with E-state index in [1.54, 1.807) is 12.1 Å². The standard InChI is InChI=1S/C17H22N2O3/c18-13-14-4-6-15(7-5-14)20-10-9-19-8-2-1-3-16(19)17-21-11-12-22-17/h4-7,16-17H,1-3,8-12H2/t16-/m1/s1.